The van der Waals surface area contributed by atoms with Crippen molar-refractivity contribution >= 4 is 15.6 Å². The van der Waals surface area contributed by atoms with Crippen molar-refractivity contribution in [3.63, 3.8) is 0 Å². The average molecular weight is 521 g/mol. The van der Waals surface area contributed by atoms with Crippen LogP contribution in [-0.2, 0) is 31.1 Å². The lowest BCUT2D eigenvalue weighted by atomic mass is 9.70. The number of ketones is 1. The fourth-order valence-corrected chi connectivity index (χ4v) is 5.77. The Morgan fingerprint density at radius 3 is 2.30 bits per heavy atom. The van der Waals surface area contributed by atoms with E-state index in [1.165, 1.54) is 18.3 Å². The molecule has 9 nitrogen and oxygen atoms in total. The Labute approximate surface area is 216 Å². The fourth-order valence-electron chi connectivity index (χ4n) is 5.14. The summed E-state index contributed by atoms with van der Waals surface area (Å²) in [5.41, 5.74) is 2.59. The molecule has 37 heavy (non-hydrogen) atoms. The Morgan fingerprint density at radius 1 is 1.05 bits per heavy atom. The number of Topliss-reactive ketones (excluding diaryl/α,β-unsaturated/α-hetero) is 1. The molecule has 1 aliphatic heterocycles. The lowest BCUT2D eigenvalue weighted by molar-refractivity contribution is -0.182. The summed E-state index contributed by atoms with van der Waals surface area (Å²) in [6.45, 7) is 2.99. The highest BCUT2D eigenvalue weighted by Gasteiger charge is 2.48. The van der Waals surface area contributed by atoms with E-state index in [1.807, 2.05) is 12.1 Å². The van der Waals surface area contributed by atoms with Gasteiger partial charge in [-0.1, -0.05) is 6.07 Å². The van der Waals surface area contributed by atoms with Crippen molar-refractivity contribution in [2.75, 3.05) is 19.5 Å². The number of aromatic nitrogens is 3. The number of benzene rings is 1. The molecule has 3 heterocycles. The zero-order valence-electron chi connectivity index (χ0n) is 20.8. The Bertz CT molecular complexity index is 1450. The van der Waals surface area contributed by atoms with Gasteiger partial charge in [0.15, 0.2) is 21.4 Å². The van der Waals surface area contributed by atoms with E-state index in [1.54, 1.807) is 29.9 Å². The van der Waals surface area contributed by atoms with Crippen molar-refractivity contribution in [1.82, 2.24) is 14.8 Å². The maximum atomic E-state index is 13.1. The minimum Gasteiger partial charge on any atom is -0.348 e. The highest BCUT2D eigenvalue weighted by Crippen LogP contribution is 2.45. The Balaban J connectivity index is 1.28. The van der Waals surface area contributed by atoms with E-state index in [0.717, 1.165) is 11.8 Å². The average Bonchev–Trinajstić information content (AvgIpc) is 3.51. The van der Waals surface area contributed by atoms with E-state index in [4.69, 9.17) is 9.47 Å². The number of carbonyl (C=O) groups excluding carboxylic acids is 1. The molecule has 5 rings (SSSR count). The second-order valence-electron chi connectivity index (χ2n) is 9.77. The van der Waals surface area contributed by atoms with Crippen LogP contribution in [0.4, 0.5) is 0 Å². The Kier molecular flexibility index (Phi) is 6.48. The van der Waals surface area contributed by atoms with Crippen LogP contribution in [0.25, 0.3) is 5.69 Å². The molecule has 2 aliphatic rings. The van der Waals surface area contributed by atoms with Crippen molar-refractivity contribution in [2.24, 2.45) is 0 Å². The minimum atomic E-state index is -3.29. The maximum absolute atomic E-state index is 13.1. The third-order valence-corrected chi connectivity index (χ3v) is 8.52. The van der Waals surface area contributed by atoms with E-state index in [9.17, 15) is 18.5 Å². The molecule has 2 fully saturated rings. The molecule has 10 heteroatoms. The molecule has 1 aromatic carbocycles. The first kappa shape index (κ1) is 25.3. The SMILES string of the molecule is Cc1c(C(=O)Cc2ccc(C3(C#N)CCC4(CC3)OCCO4)nc2)cnn1-c1ccc(S(C)(=O)=O)cc1. The second-order valence-corrected chi connectivity index (χ2v) is 11.8. The summed E-state index contributed by atoms with van der Waals surface area (Å²) in [5, 5.41) is 14.3. The van der Waals surface area contributed by atoms with Crippen LogP contribution in [0.1, 0.15) is 53.0 Å². The lowest BCUT2D eigenvalue weighted by Crippen LogP contribution is -2.41. The van der Waals surface area contributed by atoms with Crippen molar-refractivity contribution in [2.45, 2.75) is 55.1 Å². The van der Waals surface area contributed by atoms with Gasteiger partial charge in [0.25, 0.3) is 0 Å². The maximum Gasteiger partial charge on any atom is 0.175 e. The number of nitrogens with zero attached hydrogens (tertiary/aromatic N) is 4. The predicted molar refractivity (Wildman–Crippen MR) is 134 cm³/mol. The molecule has 1 spiro atoms. The molecular weight excluding hydrogens is 492 g/mol. The number of nitriles is 1. The number of hydrogen-bond donors (Lipinski definition) is 0. The van der Waals surface area contributed by atoms with E-state index >= 15 is 0 Å². The van der Waals surface area contributed by atoms with E-state index in [0.29, 0.717) is 61.5 Å². The van der Waals surface area contributed by atoms with Gasteiger partial charge in [-0.2, -0.15) is 10.4 Å². The zero-order valence-corrected chi connectivity index (χ0v) is 21.6. The molecule has 0 amide bonds. The molecule has 1 saturated heterocycles. The van der Waals surface area contributed by atoms with Gasteiger partial charge < -0.3 is 9.47 Å². The van der Waals surface area contributed by atoms with Crippen LogP contribution in [0, 0.1) is 18.3 Å². The van der Waals surface area contributed by atoms with Crippen LogP contribution in [0.5, 0.6) is 0 Å². The third kappa shape index (κ3) is 4.82. The van der Waals surface area contributed by atoms with Crippen LogP contribution in [-0.4, -0.2) is 54.2 Å². The summed E-state index contributed by atoms with van der Waals surface area (Å²) in [4.78, 5) is 17.9. The van der Waals surface area contributed by atoms with Gasteiger partial charge in [0, 0.05) is 31.7 Å². The van der Waals surface area contributed by atoms with Crippen molar-refractivity contribution in [1.29, 1.82) is 5.26 Å². The predicted octanol–water partition coefficient (Wildman–Crippen LogP) is 3.48. The summed E-state index contributed by atoms with van der Waals surface area (Å²) in [7, 11) is -3.29. The van der Waals surface area contributed by atoms with Gasteiger partial charge in [-0.25, -0.2) is 13.1 Å². The molecule has 1 saturated carbocycles. The normalized spacial score (nSPS) is 18.5. The largest absolute Gasteiger partial charge is 0.348 e. The molecule has 0 unspecified atom stereocenters. The molecule has 0 bridgehead atoms. The number of ether oxygens (including phenoxy) is 2. The van der Waals surface area contributed by atoms with Crippen molar-refractivity contribution in [3.8, 4) is 11.8 Å². The minimum absolute atomic E-state index is 0.101. The molecule has 0 atom stereocenters. The molecule has 3 aromatic rings. The van der Waals surface area contributed by atoms with Gasteiger partial charge in [0.2, 0.25) is 0 Å². The summed E-state index contributed by atoms with van der Waals surface area (Å²) < 4.78 is 36.6. The summed E-state index contributed by atoms with van der Waals surface area (Å²) in [5.74, 6) is -0.652. The zero-order chi connectivity index (χ0) is 26.3. The first-order valence-corrected chi connectivity index (χ1v) is 14.1. The number of carbonyl (C=O) groups is 1. The quantitative estimate of drug-likeness (QED) is 0.453. The summed E-state index contributed by atoms with van der Waals surface area (Å²) in [6, 6.07) is 12.6. The number of rotatable bonds is 6. The fraction of sp³-hybridized carbons (Fsp3) is 0.407. The van der Waals surface area contributed by atoms with Gasteiger partial charge >= 0.3 is 0 Å². The Morgan fingerprint density at radius 2 is 1.73 bits per heavy atom. The summed E-state index contributed by atoms with van der Waals surface area (Å²) >= 11 is 0. The van der Waals surface area contributed by atoms with Gasteiger partial charge in [0.1, 0.15) is 0 Å². The smallest absolute Gasteiger partial charge is 0.175 e. The van der Waals surface area contributed by atoms with Gasteiger partial charge in [-0.05, 0) is 55.7 Å². The molecular formula is C27H28N4O5S. The molecule has 1 aliphatic carbocycles. The molecule has 0 radical (unpaired) electrons. The summed E-state index contributed by atoms with van der Waals surface area (Å²) in [6.07, 6.45) is 7.03. The molecule has 0 N–H and O–H groups in total. The van der Waals surface area contributed by atoms with Crippen molar-refractivity contribution in [3.05, 3.63) is 71.3 Å². The first-order chi connectivity index (χ1) is 17.6. The van der Waals surface area contributed by atoms with Crippen LogP contribution in [0.15, 0.2) is 53.7 Å². The van der Waals surface area contributed by atoms with Crippen LogP contribution in [0.3, 0.4) is 0 Å². The van der Waals surface area contributed by atoms with Crippen molar-refractivity contribution < 1.29 is 22.7 Å². The van der Waals surface area contributed by atoms with E-state index in [-0.39, 0.29) is 17.1 Å². The monoisotopic (exact) mass is 520 g/mol. The number of hydrogen-bond acceptors (Lipinski definition) is 8. The topological polar surface area (TPSA) is 124 Å². The second kappa shape index (κ2) is 9.49. The van der Waals surface area contributed by atoms with Crippen LogP contribution in [0.2, 0.25) is 0 Å². The van der Waals surface area contributed by atoms with Crippen LogP contribution >= 0.6 is 0 Å². The standard InChI is InChI=1S/C27H28N4O5S/c1-19-23(17-30-31(19)21-4-6-22(7-5-21)37(2,33)34)24(32)15-20-3-8-25(29-16-20)26(18-28)9-11-27(12-10-26)35-13-14-36-27/h3-8,16-17H,9-15H2,1-2H3. The van der Waals surface area contributed by atoms with Gasteiger partial charge in [0.05, 0.1) is 58.4 Å². The van der Waals surface area contributed by atoms with Gasteiger partial charge in [-0.15, -0.1) is 0 Å². The third-order valence-electron chi connectivity index (χ3n) is 7.39. The van der Waals surface area contributed by atoms with E-state index in [2.05, 4.69) is 16.2 Å². The number of pyridine rings is 1. The van der Waals surface area contributed by atoms with Gasteiger partial charge in [-0.3, -0.25) is 9.78 Å². The van der Waals surface area contributed by atoms with Crippen LogP contribution < -0.4 is 0 Å². The molecule has 192 valence electrons. The highest BCUT2D eigenvalue weighted by molar-refractivity contribution is 7.90. The first-order valence-electron chi connectivity index (χ1n) is 12.2. The Hall–Kier alpha value is -3.39. The highest BCUT2D eigenvalue weighted by atomic mass is 32.2. The number of sulfone groups is 1. The van der Waals surface area contributed by atoms with E-state index < -0.39 is 21.0 Å². The lowest BCUT2D eigenvalue weighted by Gasteiger charge is -2.39. The molecule has 2 aromatic heterocycles.